The average Bonchev–Trinajstić information content (AvgIpc) is 1.97. The molecule has 0 rings (SSSR count). The van der Waals surface area contributed by atoms with Crippen LogP contribution < -0.4 is 16.4 Å². The van der Waals surface area contributed by atoms with Gasteiger partial charge in [-0.2, -0.15) is 13.2 Å². The number of carbonyl (C=O) groups excluding carboxylic acids is 2. The number of urea groups is 1. The molecule has 0 saturated heterocycles. The third-order valence-corrected chi connectivity index (χ3v) is 1.33. The molecule has 0 aromatic heterocycles. The van der Waals surface area contributed by atoms with E-state index in [1.54, 1.807) is 5.32 Å². The molecule has 0 bridgehead atoms. The Hall–Kier alpha value is -1.47. The number of amides is 3. The van der Waals surface area contributed by atoms with Crippen molar-refractivity contribution in [2.75, 3.05) is 6.54 Å². The van der Waals surface area contributed by atoms with E-state index < -0.39 is 30.7 Å². The Morgan fingerprint density at radius 1 is 1.40 bits per heavy atom. The minimum atomic E-state index is -4.45. The maximum atomic E-state index is 11.6. The fourth-order valence-electron chi connectivity index (χ4n) is 0.808. The minimum absolute atomic E-state index is 0.126. The van der Waals surface area contributed by atoms with Crippen molar-refractivity contribution in [2.24, 2.45) is 5.73 Å². The molecule has 1 atom stereocenters. The lowest BCUT2D eigenvalue weighted by atomic mass is 10.2. The zero-order valence-electron chi connectivity index (χ0n) is 8.02. The maximum absolute atomic E-state index is 11.6. The first kappa shape index (κ1) is 13.5. The van der Waals surface area contributed by atoms with Gasteiger partial charge in [0.15, 0.2) is 0 Å². The van der Waals surface area contributed by atoms with Crippen LogP contribution in [0.1, 0.15) is 13.3 Å². The molecule has 0 aliphatic carbocycles. The molecule has 0 saturated carbocycles. The number of halogens is 3. The van der Waals surface area contributed by atoms with Gasteiger partial charge in [0, 0.05) is 12.5 Å². The molecule has 3 amide bonds. The van der Waals surface area contributed by atoms with Crippen molar-refractivity contribution in [3.8, 4) is 0 Å². The van der Waals surface area contributed by atoms with Crippen LogP contribution in [0.15, 0.2) is 0 Å². The number of nitrogens with one attached hydrogen (secondary N) is 2. The van der Waals surface area contributed by atoms with E-state index in [1.807, 2.05) is 0 Å². The molecule has 0 aliphatic rings. The summed E-state index contributed by atoms with van der Waals surface area (Å²) in [6.45, 7) is 0.0417. The van der Waals surface area contributed by atoms with Gasteiger partial charge in [-0.05, 0) is 6.92 Å². The molecule has 0 fully saturated rings. The van der Waals surface area contributed by atoms with Crippen LogP contribution in [-0.2, 0) is 4.79 Å². The highest BCUT2D eigenvalue weighted by Crippen LogP contribution is 2.11. The van der Waals surface area contributed by atoms with Crippen molar-refractivity contribution >= 4 is 11.9 Å². The third-order valence-electron chi connectivity index (χ3n) is 1.33. The SMILES string of the molecule is CC(CC(N)=O)NC(=O)NCC(F)(F)F. The van der Waals surface area contributed by atoms with Gasteiger partial charge in [0.2, 0.25) is 5.91 Å². The topological polar surface area (TPSA) is 84.2 Å². The third kappa shape index (κ3) is 8.85. The minimum Gasteiger partial charge on any atom is -0.370 e. The zero-order chi connectivity index (χ0) is 12.1. The Morgan fingerprint density at radius 3 is 2.33 bits per heavy atom. The number of carbonyl (C=O) groups is 2. The van der Waals surface area contributed by atoms with Crippen molar-refractivity contribution in [2.45, 2.75) is 25.6 Å². The molecule has 4 N–H and O–H groups in total. The molecule has 0 aliphatic heterocycles. The van der Waals surface area contributed by atoms with Crippen LogP contribution in [0.25, 0.3) is 0 Å². The number of hydrogen-bond donors (Lipinski definition) is 3. The second kappa shape index (κ2) is 5.42. The summed E-state index contributed by atoms with van der Waals surface area (Å²) in [5.74, 6) is -0.640. The first-order valence-corrected chi connectivity index (χ1v) is 4.10. The molecule has 0 spiro atoms. The largest absolute Gasteiger partial charge is 0.405 e. The van der Waals surface area contributed by atoms with Gasteiger partial charge < -0.3 is 16.4 Å². The lowest BCUT2D eigenvalue weighted by molar-refractivity contribution is -0.123. The quantitative estimate of drug-likeness (QED) is 0.637. The Balaban J connectivity index is 3.79. The maximum Gasteiger partial charge on any atom is 0.405 e. The summed E-state index contributed by atoms with van der Waals surface area (Å²) < 4.78 is 34.9. The van der Waals surface area contributed by atoms with E-state index in [1.165, 1.54) is 6.92 Å². The Morgan fingerprint density at radius 2 is 1.93 bits per heavy atom. The van der Waals surface area contributed by atoms with Gasteiger partial charge in [0.05, 0.1) is 0 Å². The summed E-state index contributed by atoms with van der Waals surface area (Å²) in [5, 5.41) is 3.73. The summed E-state index contributed by atoms with van der Waals surface area (Å²) in [6, 6.07) is -1.59. The fraction of sp³-hybridized carbons (Fsp3) is 0.714. The molecule has 8 heteroatoms. The van der Waals surface area contributed by atoms with E-state index in [0.717, 1.165) is 0 Å². The highest BCUT2D eigenvalue weighted by molar-refractivity contribution is 5.77. The first-order valence-electron chi connectivity index (χ1n) is 4.10. The summed E-state index contributed by atoms with van der Waals surface area (Å²) in [4.78, 5) is 21.2. The van der Waals surface area contributed by atoms with Crippen molar-refractivity contribution in [3.05, 3.63) is 0 Å². The molecule has 5 nitrogen and oxygen atoms in total. The number of nitrogens with two attached hydrogens (primary N) is 1. The van der Waals surface area contributed by atoms with Crippen LogP contribution in [0.4, 0.5) is 18.0 Å². The summed E-state index contributed by atoms with van der Waals surface area (Å²) in [6.07, 6.45) is -4.58. The lowest BCUT2D eigenvalue weighted by Crippen LogP contribution is -2.45. The summed E-state index contributed by atoms with van der Waals surface area (Å²) in [5.41, 5.74) is 4.82. The second-order valence-electron chi connectivity index (χ2n) is 3.01. The molecule has 1 unspecified atom stereocenters. The van der Waals surface area contributed by atoms with Crippen LogP contribution >= 0.6 is 0 Å². The monoisotopic (exact) mass is 227 g/mol. The van der Waals surface area contributed by atoms with Crippen molar-refractivity contribution in [3.63, 3.8) is 0 Å². The van der Waals surface area contributed by atoms with E-state index in [0.29, 0.717) is 0 Å². The van der Waals surface area contributed by atoms with Gasteiger partial charge in [-0.15, -0.1) is 0 Å². The highest BCUT2D eigenvalue weighted by atomic mass is 19.4. The molecule has 0 radical (unpaired) electrons. The van der Waals surface area contributed by atoms with Gasteiger partial charge in [-0.1, -0.05) is 0 Å². The van der Waals surface area contributed by atoms with Crippen LogP contribution in [0.2, 0.25) is 0 Å². The zero-order valence-corrected chi connectivity index (χ0v) is 8.02. The highest BCUT2D eigenvalue weighted by Gasteiger charge is 2.27. The lowest BCUT2D eigenvalue weighted by Gasteiger charge is -2.13. The first-order chi connectivity index (χ1) is 6.70. The normalized spacial score (nSPS) is 13.1. The number of rotatable bonds is 4. The van der Waals surface area contributed by atoms with Crippen LogP contribution in [-0.4, -0.2) is 30.7 Å². The predicted octanol–water partition coefficient (Wildman–Crippen LogP) is 0.112. The Bertz CT molecular complexity index is 242. The average molecular weight is 227 g/mol. The van der Waals surface area contributed by atoms with Crippen LogP contribution in [0.5, 0.6) is 0 Å². The summed E-state index contributed by atoms with van der Waals surface area (Å²) >= 11 is 0. The summed E-state index contributed by atoms with van der Waals surface area (Å²) in [7, 11) is 0. The molecule has 0 aromatic carbocycles. The van der Waals surface area contributed by atoms with Crippen LogP contribution in [0, 0.1) is 0 Å². The molecular formula is C7H12F3N3O2. The predicted molar refractivity (Wildman–Crippen MR) is 45.9 cm³/mol. The van der Waals surface area contributed by atoms with Crippen molar-refractivity contribution in [1.82, 2.24) is 10.6 Å². The molecule has 88 valence electrons. The number of hydrogen-bond acceptors (Lipinski definition) is 2. The second-order valence-corrected chi connectivity index (χ2v) is 3.01. The van der Waals surface area contributed by atoms with E-state index in [4.69, 9.17) is 5.73 Å². The van der Waals surface area contributed by atoms with Crippen molar-refractivity contribution < 1.29 is 22.8 Å². The Kier molecular flexibility index (Phi) is 4.89. The van der Waals surface area contributed by atoms with Gasteiger partial charge in [0.1, 0.15) is 6.54 Å². The molecule has 0 aromatic rings. The van der Waals surface area contributed by atoms with Crippen molar-refractivity contribution in [1.29, 1.82) is 0 Å². The smallest absolute Gasteiger partial charge is 0.370 e. The molecular weight excluding hydrogens is 215 g/mol. The van der Waals surface area contributed by atoms with Crippen LogP contribution in [0.3, 0.4) is 0 Å². The van der Waals surface area contributed by atoms with E-state index in [2.05, 4.69) is 5.32 Å². The number of alkyl halides is 3. The molecule has 15 heavy (non-hydrogen) atoms. The van der Waals surface area contributed by atoms with Gasteiger partial charge in [0.25, 0.3) is 0 Å². The van der Waals surface area contributed by atoms with Gasteiger partial charge in [-0.25, -0.2) is 4.79 Å². The van der Waals surface area contributed by atoms with E-state index >= 15 is 0 Å². The fourth-order valence-corrected chi connectivity index (χ4v) is 0.808. The molecule has 0 heterocycles. The van der Waals surface area contributed by atoms with Gasteiger partial charge in [-0.3, -0.25) is 4.79 Å². The van der Waals surface area contributed by atoms with E-state index in [-0.39, 0.29) is 6.42 Å². The number of primary amides is 1. The van der Waals surface area contributed by atoms with Gasteiger partial charge >= 0.3 is 12.2 Å². The standard InChI is InChI=1S/C7H12F3N3O2/c1-4(2-5(11)14)13-6(15)12-3-7(8,9)10/h4H,2-3H2,1H3,(H2,11,14)(H2,12,13,15). The Labute approximate surface area is 84.2 Å². The van der Waals surface area contributed by atoms with E-state index in [9.17, 15) is 22.8 Å².